The maximum atomic E-state index is 13.5. The van der Waals surface area contributed by atoms with E-state index in [0.29, 0.717) is 22.8 Å². The number of thiazole rings is 1. The van der Waals surface area contributed by atoms with Crippen molar-refractivity contribution in [3.63, 3.8) is 0 Å². The Bertz CT molecular complexity index is 1170. The van der Waals surface area contributed by atoms with E-state index in [2.05, 4.69) is 4.98 Å². The van der Waals surface area contributed by atoms with Crippen molar-refractivity contribution in [1.29, 1.82) is 0 Å². The van der Waals surface area contributed by atoms with Crippen LogP contribution in [-0.2, 0) is 16.4 Å². The Kier molecular flexibility index (Phi) is 4.92. The first-order chi connectivity index (χ1) is 13.8. The highest BCUT2D eigenvalue weighted by atomic mass is 32.2. The average molecular weight is 428 g/mol. The predicted molar refractivity (Wildman–Crippen MR) is 117 cm³/mol. The number of aromatic nitrogens is 1. The van der Waals surface area contributed by atoms with Gasteiger partial charge in [0, 0.05) is 17.0 Å². The summed E-state index contributed by atoms with van der Waals surface area (Å²) >= 11 is 1.41. The van der Waals surface area contributed by atoms with E-state index in [-0.39, 0.29) is 11.9 Å². The molecule has 1 unspecified atom stereocenters. The second-order valence-electron chi connectivity index (χ2n) is 7.20. The third kappa shape index (κ3) is 3.65. The number of sulfonamides is 1. The highest BCUT2D eigenvalue weighted by molar-refractivity contribution is 7.92. The molecule has 29 heavy (non-hydrogen) atoms. The van der Waals surface area contributed by atoms with E-state index in [1.54, 1.807) is 23.1 Å². The van der Waals surface area contributed by atoms with Gasteiger partial charge in [0.15, 0.2) is 5.13 Å². The van der Waals surface area contributed by atoms with Crippen LogP contribution < -0.4 is 9.21 Å². The van der Waals surface area contributed by atoms with Gasteiger partial charge in [-0.2, -0.15) is 0 Å². The molecule has 0 radical (unpaired) electrons. The second kappa shape index (κ2) is 7.27. The zero-order valence-electron chi connectivity index (χ0n) is 16.4. The fourth-order valence-electron chi connectivity index (χ4n) is 3.71. The molecule has 1 aliphatic heterocycles. The van der Waals surface area contributed by atoms with Crippen LogP contribution in [0, 0.1) is 6.92 Å². The first kappa shape index (κ1) is 19.6. The van der Waals surface area contributed by atoms with Gasteiger partial charge in [0.05, 0.1) is 23.3 Å². The fraction of sp³-hybridized carbons (Fsp3) is 0.238. The largest absolute Gasteiger partial charge is 0.268 e. The standard InChI is InChI=1S/C21H21N3O3S2/c1-14-13-28-21(22-14)23(18-7-5-4-6-8-18)20(25)16-9-10-19-17(12-16)11-15(2)24(19)29(3,26)27/h4-10,12-13,15H,11H2,1-3H3. The highest BCUT2D eigenvalue weighted by Crippen LogP contribution is 2.36. The average Bonchev–Trinajstić information content (AvgIpc) is 3.23. The number of benzene rings is 2. The lowest BCUT2D eigenvalue weighted by molar-refractivity contribution is 0.0999. The number of rotatable bonds is 4. The van der Waals surface area contributed by atoms with Crippen LogP contribution >= 0.6 is 11.3 Å². The molecule has 1 aromatic heterocycles. The lowest BCUT2D eigenvalue weighted by Crippen LogP contribution is -2.34. The van der Waals surface area contributed by atoms with E-state index < -0.39 is 10.0 Å². The van der Waals surface area contributed by atoms with Crippen molar-refractivity contribution >= 4 is 43.8 Å². The van der Waals surface area contributed by atoms with Crippen molar-refractivity contribution in [3.8, 4) is 0 Å². The van der Waals surface area contributed by atoms with Gasteiger partial charge in [0.1, 0.15) is 0 Å². The molecule has 0 N–H and O–H groups in total. The van der Waals surface area contributed by atoms with E-state index >= 15 is 0 Å². The molecule has 0 aliphatic carbocycles. The van der Waals surface area contributed by atoms with Gasteiger partial charge in [0.25, 0.3) is 5.91 Å². The normalized spacial score (nSPS) is 16.0. The van der Waals surface area contributed by atoms with Gasteiger partial charge in [-0.15, -0.1) is 11.3 Å². The Morgan fingerprint density at radius 3 is 2.55 bits per heavy atom. The summed E-state index contributed by atoms with van der Waals surface area (Å²) in [5.74, 6) is -0.196. The molecule has 0 fully saturated rings. The minimum Gasteiger partial charge on any atom is -0.268 e. The molecule has 4 rings (SSSR count). The number of anilines is 3. The van der Waals surface area contributed by atoms with Crippen LogP contribution in [0.1, 0.15) is 28.5 Å². The van der Waals surface area contributed by atoms with Crippen LogP contribution in [0.15, 0.2) is 53.9 Å². The minimum absolute atomic E-state index is 0.169. The number of amides is 1. The van der Waals surface area contributed by atoms with Gasteiger partial charge in [-0.25, -0.2) is 13.4 Å². The SMILES string of the molecule is Cc1csc(N(C(=O)c2ccc3c(c2)CC(C)N3S(C)(=O)=O)c2ccccc2)n1. The summed E-state index contributed by atoms with van der Waals surface area (Å²) in [6, 6.07) is 14.4. The number of hydrogen-bond acceptors (Lipinski definition) is 5. The van der Waals surface area contributed by atoms with Gasteiger partial charge < -0.3 is 0 Å². The van der Waals surface area contributed by atoms with E-state index in [1.165, 1.54) is 21.9 Å². The van der Waals surface area contributed by atoms with E-state index in [9.17, 15) is 13.2 Å². The van der Waals surface area contributed by atoms with E-state index in [0.717, 1.165) is 16.9 Å². The second-order valence-corrected chi connectivity index (χ2v) is 9.90. The summed E-state index contributed by atoms with van der Waals surface area (Å²) in [5.41, 5.74) is 3.59. The quantitative estimate of drug-likeness (QED) is 0.627. The smallest absolute Gasteiger partial charge is 0.264 e. The summed E-state index contributed by atoms with van der Waals surface area (Å²) in [6.07, 6.45) is 1.78. The molecule has 2 aromatic carbocycles. The zero-order valence-corrected chi connectivity index (χ0v) is 18.0. The molecule has 0 spiro atoms. The number of para-hydroxylation sites is 1. The first-order valence-electron chi connectivity index (χ1n) is 9.19. The van der Waals surface area contributed by atoms with Crippen LogP contribution in [0.25, 0.3) is 0 Å². The summed E-state index contributed by atoms with van der Waals surface area (Å²) < 4.78 is 25.7. The van der Waals surface area contributed by atoms with Crippen molar-refractivity contribution in [3.05, 3.63) is 70.7 Å². The molecule has 0 bridgehead atoms. The number of fused-ring (bicyclic) bond motifs is 1. The summed E-state index contributed by atoms with van der Waals surface area (Å²) in [5, 5.41) is 2.51. The fourth-order valence-corrected chi connectivity index (χ4v) is 5.79. The predicted octanol–water partition coefficient (Wildman–Crippen LogP) is 4.14. The Hall–Kier alpha value is -2.71. The molecule has 3 aromatic rings. The number of nitrogens with zero attached hydrogens (tertiary/aromatic N) is 3. The van der Waals surface area contributed by atoms with Crippen LogP contribution in [0.4, 0.5) is 16.5 Å². The van der Waals surface area contributed by atoms with Gasteiger partial charge in [-0.05, 0) is 56.2 Å². The molecule has 1 atom stereocenters. The van der Waals surface area contributed by atoms with Crippen molar-refractivity contribution in [2.75, 3.05) is 15.5 Å². The molecule has 8 heteroatoms. The molecule has 1 amide bonds. The Morgan fingerprint density at radius 1 is 1.21 bits per heavy atom. The zero-order chi connectivity index (χ0) is 20.8. The Morgan fingerprint density at radius 2 is 1.93 bits per heavy atom. The number of carbonyl (C=O) groups excluding carboxylic acids is 1. The van der Waals surface area contributed by atoms with Crippen molar-refractivity contribution in [1.82, 2.24) is 4.98 Å². The third-order valence-corrected chi connectivity index (χ3v) is 7.07. The van der Waals surface area contributed by atoms with Crippen LogP contribution in [0.5, 0.6) is 0 Å². The molecule has 2 heterocycles. The Labute approximate surface area is 174 Å². The van der Waals surface area contributed by atoms with Gasteiger partial charge in [-0.1, -0.05) is 18.2 Å². The molecular formula is C21H21N3O3S2. The lowest BCUT2D eigenvalue weighted by atomic mass is 10.1. The van der Waals surface area contributed by atoms with Crippen LogP contribution in [-0.4, -0.2) is 31.6 Å². The first-order valence-corrected chi connectivity index (χ1v) is 11.9. The summed E-state index contributed by atoms with van der Waals surface area (Å²) in [7, 11) is -3.37. The summed E-state index contributed by atoms with van der Waals surface area (Å²) in [4.78, 5) is 19.6. The maximum Gasteiger partial charge on any atom is 0.264 e. The van der Waals surface area contributed by atoms with E-state index in [4.69, 9.17) is 0 Å². The van der Waals surface area contributed by atoms with Gasteiger partial charge in [0.2, 0.25) is 10.0 Å². The van der Waals surface area contributed by atoms with Crippen molar-refractivity contribution < 1.29 is 13.2 Å². The number of hydrogen-bond donors (Lipinski definition) is 0. The molecular weight excluding hydrogens is 406 g/mol. The lowest BCUT2D eigenvalue weighted by Gasteiger charge is -2.22. The van der Waals surface area contributed by atoms with Crippen LogP contribution in [0.2, 0.25) is 0 Å². The Balaban J connectivity index is 1.76. The van der Waals surface area contributed by atoms with Crippen LogP contribution in [0.3, 0.4) is 0 Å². The van der Waals surface area contributed by atoms with Crippen molar-refractivity contribution in [2.45, 2.75) is 26.3 Å². The molecule has 150 valence electrons. The van der Waals surface area contributed by atoms with E-state index in [1.807, 2.05) is 49.6 Å². The third-order valence-electron chi connectivity index (χ3n) is 4.85. The minimum atomic E-state index is -3.37. The molecule has 0 saturated carbocycles. The molecule has 1 aliphatic rings. The monoisotopic (exact) mass is 427 g/mol. The molecule has 6 nitrogen and oxygen atoms in total. The maximum absolute atomic E-state index is 13.5. The van der Waals surface area contributed by atoms with Gasteiger partial charge >= 0.3 is 0 Å². The molecule has 0 saturated heterocycles. The number of carbonyl (C=O) groups is 1. The van der Waals surface area contributed by atoms with Crippen molar-refractivity contribution in [2.24, 2.45) is 0 Å². The topological polar surface area (TPSA) is 70.6 Å². The van der Waals surface area contributed by atoms with Gasteiger partial charge in [-0.3, -0.25) is 14.0 Å². The number of aryl methyl sites for hydroxylation is 1. The highest BCUT2D eigenvalue weighted by Gasteiger charge is 2.33. The summed E-state index contributed by atoms with van der Waals surface area (Å²) in [6.45, 7) is 3.77.